The van der Waals surface area contributed by atoms with Crippen molar-refractivity contribution in [3.05, 3.63) is 90.1 Å². The molecule has 1 N–H and O–H groups in total. The van der Waals surface area contributed by atoms with E-state index in [0.29, 0.717) is 0 Å². The average molecular weight is 467 g/mol. The number of aromatic amines is 1. The fourth-order valence-electron chi connectivity index (χ4n) is 4.19. The molecule has 30 heavy (non-hydrogen) atoms. The summed E-state index contributed by atoms with van der Waals surface area (Å²) in [5.74, 6) is 0.880. The van der Waals surface area contributed by atoms with E-state index in [1.54, 1.807) is 0 Å². The molecule has 3 aromatic carbocycles. The van der Waals surface area contributed by atoms with Gasteiger partial charge in [-0.3, -0.25) is 0 Å². The summed E-state index contributed by atoms with van der Waals surface area (Å²) < 4.78 is 7.70. The number of nitrogens with one attached hydrogen (secondary N) is 1. The summed E-state index contributed by atoms with van der Waals surface area (Å²) in [6.45, 7) is 0. The maximum atomic E-state index is 6.37. The monoisotopic (exact) mass is 466 g/mol. The van der Waals surface area contributed by atoms with Crippen LogP contribution in [0.3, 0.4) is 0 Å². The van der Waals surface area contributed by atoms with Crippen LogP contribution in [0.15, 0.2) is 79.0 Å². The summed E-state index contributed by atoms with van der Waals surface area (Å²) in [4.78, 5) is 8.17. The Hall–Kier alpha value is -2.30. The molecule has 6 rings (SSSR count). The number of H-pyrrole nitrogens is 1. The predicted octanol–water partition coefficient (Wildman–Crippen LogP) is -1.00. The molecule has 146 valence electrons. The molecule has 0 atom stereocenters. The molecule has 1 aliphatic carbocycles. The molecule has 6 heteroatoms. The zero-order chi connectivity index (χ0) is 18.5. The fourth-order valence-corrected chi connectivity index (χ4v) is 5.65. The van der Waals surface area contributed by atoms with Crippen molar-refractivity contribution >= 4 is 25.7 Å². The Kier molecular flexibility index (Phi) is 5.90. The number of nitrogens with zero attached hydrogens (tertiary/aromatic N) is 1. The van der Waals surface area contributed by atoms with Crippen molar-refractivity contribution in [3.8, 4) is 17.0 Å². The zero-order valence-corrected chi connectivity index (χ0v) is 18.9. The summed E-state index contributed by atoms with van der Waals surface area (Å²) in [7, 11) is 0. The third-order valence-corrected chi connectivity index (χ3v) is 6.95. The first-order valence-corrected chi connectivity index (χ1v) is 10.8. The molecular formula is C24H16Cl2N2OTi. The van der Waals surface area contributed by atoms with Gasteiger partial charge in [0.15, 0.2) is 0 Å². The van der Waals surface area contributed by atoms with Gasteiger partial charge in [0.2, 0.25) is 0 Å². The number of pyridine rings is 1. The fraction of sp³-hybridized carbons (Fsp3) is 0.0417. The van der Waals surface area contributed by atoms with Crippen molar-refractivity contribution in [3.63, 3.8) is 0 Å². The van der Waals surface area contributed by atoms with Gasteiger partial charge < -0.3 is 24.8 Å². The summed E-state index contributed by atoms with van der Waals surface area (Å²) >= 11 is -0.807. The first-order valence-electron chi connectivity index (χ1n) is 9.37. The number of aromatic nitrogens is 2. The molecule has 0 amide bonds. The number of rotatable bonds is 3. The molecular weight excluding hydrogens is 451 g/mol. The van der Waals surface area contributed by atoms with E-state index in [9.17, 15) is 0 Å². The average Bonchev–Trinajstić information content (AvgIpc) is 3.28. The Bertz CT molecular complexity index is 1360. The SMILES string of the molecule is [Cl-].[Cl-].c1ccc2c(c1)Cc1c-2[nH]c2ccc[c]([Ti+2][O]c3cccc4cccnc34)c12. The number of hydrogen-bond acceptors (Lipinski definition) is 2. The van der Waals surface area contributed by atoms with Crippen LogP contribution in [0.4, 0.5) is 0 Å². The molecule has 0 saturated carbocycles. The van der Waals surface area contributed by atoms with E-state index in [1.165, 1.54) is 37.2 Å². The topological polar surface area (TPSA) is 37.9 Å². The van der Waals surface area contributed by atoms with Crippen LogP contribution >= 0.6 is 0 Å². The molecule has 0 fully saturated rings. The number of hydrogen-bond donors (Lipinski definition) is 1. The number of halogens is 2. The Morgan fingerprint density at radius 1 is 0.867 bits per heavy atom. The van der Waals surface area contributed by atoms with Crippen molar-refractivity contribution in [1.82, 2.24) is 9.97 Å². The van der Waals surface area contributed by atoms with Gasteiger partial charge in [0.1, 0.15) is 0 Å². The molecule has 2 aromatic heterocycles. The second-order valence-electron chi connectivity index (χ2n) is 7.08. The molecule has 2 heterocycles. The minimum atomic E-state index is -0.807. The van der Waals surface area contributed by atoms with E-state index in [-0.39, 0.29) is 24.8 Å². The van der Waals surface area contributed by atoms with Gasteiger partial charge >= 0.3 is 172 Å². The standard InChI is InChI=1S/C15H10N.C9H7NO.2ClH.Ti/c1-2-6-11-10(5-1)9-13-12-7-3-4-8-14(12)16-15(11)13;11-8-5-1-3-7-4-2-6-10-9(7)8;;;/h1-6,8,16H,9H2;1-6,11H;2*1H;/q;;;;+3/p-3. The van der Waals surface area contributed by atoms with Crippen LogP contribution in [0.1, 0.15) is 11.1 Å². The van der Waals surface area contributed by atoms with E-state index >= 15 is 0 Å². The van der Waals surface area contributed by atoms with Gasteiger partial charge in [0, 0.05) is 0 Å². The second-order valence-corrected chi connectivity index (χ2v) is 8.55. The van der Waals surface area contributed by atoms with Gasteiger partial charge in [-0.1, -0.05) is 0 Å². The molecule has 0 bridgehead atoms. The van der Waals surface area contributed by atoms with Crippen LogP contribution in [-0.4, -0.2) is 9.97 Å². The van der Waals surface area contributed by atoms with Crippen LogP contribution in [0.2, 0.25) is 0 Å². The van der Waals surface area contributed by atoms with Crippen LogP contribution in [0.5, 0.6) is 5.75 Å². The van der Waals surface area contributed by atoms with Crippen molar-refractivity contribution < 1.29 is 47.7 Å². The van der Waals surface area contributed by atoms with Crippen molar-refractivity contribution in [2.75, 3.05) is 0 Å². The molecule has 0 spiro atoms. The van der Waals surface area contributed by atoms with Gasteiger partial charge in [-0.05, 0) is 0 Å². The van der Waals surface area contributed by atoms with E-state index in [2.05, 4.69) is 64.6 Å². The summed E-state index contributed by atoms with van der Waals surface area (Å²) in [6, 6.07) is 25.4. The van der Waals surface area contributed by atoms with E-state index < -0.39 is 19.5 Å². The Balaban J connectivity index is 0.00000109. The predicted molar refractivity (Wildman–Crippen MR) is 109 cm³/mol. The molecule has 0 radical (unpaired) electrons. The van der Waals surface area contributed by atoms with Crippen LogP contribution in [-0.2, 0) is 26.0 Å². The summed E-state index contributed by atoms with van der Waals surface area (Å²) in [5, 5.41) is 2.46. The van der Waals surface area contributed by atoms with Gasteiger partial charge in [0.05, 0.1) is 0 Å². The van der Waals surface area contributed by atoms with Crippen LogP contribution in [0.25, 0.3) is 33.1 Å². The van der Waals surface area contributed by atoms with Crippen molar-refractivity contribution in [2.45, 2.75) is 6.42 Å². The van der Waals surface area contributed by atoms with E-state index in [4.69, 9.17) is 3.32 Å². The van der Waals surface area contributed by atoms with Gasteiger partial charge in [-0.25, -0.2) is 0 Å². The second kappa shape index (κ2) is 8.45. The summed E-state index contributed by atoms with van der Waals surface area (Å²) in [5.41, 5.74) is 7.57. The molecule has 5 aromatic rings. The first kappa shape index (κ1) is 21.0. The van der Waals surface area contributed by atoms with Gasteiger partial charge in [-0.15, -0.1) is 0 Å². The van der Waals surface area contributed by atoms with Crippen LogP contribution in [0, 0.1) is 0 Å². The number of benzene rings is 3. The number of fused-ring (bicyclic) bond motifs is 6. The van der Waals surface area contributed by atoms with Crippen molar-refractivity contribution in [2.24, 2.45) is 0 Å². The van der Waals surface area contributed by atoms with Crippen molar-refractivity contribution in [1.29, 1.82) is 0 Å². The first-order chi connectivity index (χ1) is 13.9. The van der Waals surface area contributed by atoms with E-state index in [1.807, 2.05) is 24.4 Å². The zero-order valence-electron chi connectivity index (χ0n) is 15.8. The quantitative estimate of drug-likeness (QED) is 0.340. The maximum absolute atomic E-state index is 6.37. The molecule has 1 aliphatic rings. The Morgan fingerprint density at radius 3 is 2.63 bits per heavy atom. The molecule has 0 unspecified atom stereocenters. The normalized spacial score (nSPS) is 11.2. The Labute approximate surface area is 196 Å². The molecule has 3 nitrogen and oxygen atoms in total. The Morgan fingerprint density at radius 2 is 1.70 bits per heavy atom. The number of para-hydroxylation sites is 1. The molecule has 0 aliphatic heterocycles. The van der Waals surface area contributed by atoms with Gasteiger partial charge in [0.25, 0.3) is 0 Å². The molecule has 0 saturated heterocycles. The third kappa shape index (κ3) is 3.32. The minimum absolute atomic E-state index is 0. The third-order valence-electron chi connectivity index (χ3n) is 5.45. The summed E-state index contributed by atoms with van der Waals surface area (Å²) in [6.07, 6.45) is 2.82. The van der Waals surface area contributed by atoms with Crippen LogP contribution < -0.4 is 32.0 Å². The van der Waals surface area contributed by atoms with Gasteiger partial charge in [-0.2, -0.15) is 0 Å². The van der Waals surface area contributed by atoms with E-state index in [0.717, 1.165) is 23.1 Å².